The quantitative estimate of drug-likeness (QED) is 0.594. The van der Waals surface area contributed by atoms with Crippen molar-refractivity contribution in [2.75, 3.05) is 0 Å². The van der Waals surface area contributed by atoms with E-state index in [4.69, 9.17) is 4.43 Å². The molecule has 1 nitrogen and oxygen atoms in total. The van der Waals surface area contributed by atoms with Gasteiger partial charge in [-0.05, 0) is 51.1 Å². The molecule has 0 amide bonds. The van der Waals surface area contributed by atoms with E-state index in [0.717, 1.165) is 12.2 Å². The van der Waals surface area contributed by atoms with Gasteiger partial charge >= 0.3 is 0 Å². The summed E-state index contributed by atoms with van der Waals surface area (Å²) in [6.07, 6.45) is 3.32. The maximum Gasteiger partial charge on any atom is 0.242 e. The average molecular weight is 182 g/mol. The van der Waals surface area contributed by atoms with Gasteiger partial charge in [-0.25, -0.2) is 0 Å². The van der Waals surface area contributed by atoms with Gasteiger partial charge in [-0.2, -0.15) is 0 Å². The molecule has 0 saturated carbocycles. The molecule has 0 aromatic carbocycles. The third kappa shape index (κ3) is 2.24. The molecule has 0 N–H and O–H groups in total. The number of hydrogen-bond donors (Lipinski definition) is 0. The van der Waals surface area contributed by atoms with Crippen molar-refractivity contribution in [1.82, 2.24) is 0 Å². The van der Waals surface area contributed by atoms with Gasteiger partial charge in [0, 0.05) is 0 Å². The van der Waals surface area contributed by atoms with Gasteiger partial charge in [0.15, 0.2) is 0 Å². The zero-order valence-electron chi connectivity index (χ0n) is 8.69. The van der Waals surface area contributed by atoms with Crippen LogP contribution >= 0.6 is 0 Å². The monoisotopic (exact) mass is 182 g/mol. The van der Waals surface area contributed by atoms with Crippen molar-refractivity contribution in [1.29, 1.82) is 0 Å². The highest BCUT2D eigenvalue weighted by Crippen LogP contribution is 2.28. The standard InChI is InChI=1S/C10H18OSi/c1-8-6-7-9(2)10(8)11-12(3,4)5/h6H,7H2,1-5H3. The van der Waals surface area contributed by atoms with Crippen LogP contribution in [0.5, 0.6) is 0 Å². The highest BCUT2D eigenvalue weighted by molar-refractivity contribution is 6.70. The van der Waals surface area contributed by atoms with Crippen LogP contribution in [0.4, 0.5) is 0 Å². The van der Waals surface area contributed by atoms with Gasteiger partial charge in [-0.15, -0.1) is 0 Å². The number of rotatable bonds is 2. The van der Waals surface area contributed by atoms with E-state index in [2.05, 4.69) is 39.6 Å². The van der Waals surface area contributed by atoms with E-state index >= 15 is 0 Å². The van der Waals surface area contributed by atoms with Crippen molar-refractivity contribution in [2.24, 2.45) is 0 Å². The van der Waals surface area contributed by atoms with Gasteiger partial charge in [-0.1, -0.05) is 6.08 Å². The van der Waals surface area contributed by atoms with E-state index in [1.54, 1.807) is 0 Å². The molecule has 0 aromatic heterocycles. The van der Waals surface area contributed by atoms with Crippen LogP contribution in [0.25, 0.3) is 0 Å². The van der Waals surface area contributed by atoms with Crippen LogP contribution in [0.3, 0.4) is 0 Å². The molecule has 68 valence electrons. The second-order valence-electron chi connectivity index (χ2n) is 4.42. The molecule has 1 rings (SSSR count). The minimum Gasteiger partial charge on any atom is -0.544 e. The van der Waals surface area contributed by atoms with E-state index in [1.165, 1.54) is 11.1 Å². The van der Waals surface area contributed by atoms with E-state index in [-0.39, 0.29) is 0 Å². The Morgan fingerprint density at radius 1 is 1.25 bits per heavy atom. The molecule has 0 unspecified atom stereocenters. The second kappa shape index (κ2) is 3.09. The Balaban J connectivity index is 2.76. The Kier molecular flexibility index (Phi) is 2.47. The maximum absolute atomic E-state index is 5.97. The lowest BCUT2D eigenvalue weighted by molar-refractivity contribution is 0.429. The van der Waals surface area contributed by atoms with E-state index in [9.17, 15) is 0 Å². The van der Waals surface area contributed by atoms with Gasteiger partial charge in [0.05, 0.1) is 0 Å². The Hall–Kier alpha value is -0.503. The summed E-state index contributed by atoms with van der Waals surface area (Å²) >= 11 is 0. The fourth-order valence-corrected chi connectivity index (χ4v) is 2.25. The topological polar surface area (TPSA) is 9.23 Å². The summed E-state index contributed by atoms with van der Waals surface area (Å²) in [5.41, 5.74) is 2.70. The van der Waals surface area contributed by atoms with E-state index in [1.807, 2.05) is 0 Å². The molecule has 0 radical (unpaired) electrons. The molecule has 12 heavy (non-hydrogen) atoms. The van der Waals surface area contributed by atoms with Crippen molar-refractivity contribution < 1.29 is 4.43 Å². The van der Waals surface area contributed by atoms with Crippen molar-refractivity contribution in [3.05, 3.63) is 23.0 Å². The molecule has 0 aliphatic heterocycles. The highest BCUT2D eigenvalue weighted by Gasteiger charge is 2.21. The molecule has 0 bridgehead atoms. The molecule has 2 heteroatoms. The van der Waals surface area contributed by atoms with E-state index < -0.39 is 8.32 Å². The van der Waals surface area contributed by atoms with Gasteiger partial charge in [0.25, 0.3) is 0 Å². The number of allylic oxidation sites excluding steroid dienone is 3. The van der Waals surface area contributed by atoms with Crippen LogP contribution < -0.4 is 0 Å². The first-order valence-corrected chi connectivity index (χ1v) is 7.87. The summed E-state index contributed by atoms with van der Waals surface area (Å²) in [5, 5.41) is 0. The lowest BCUT2D eigenvalue weighted by Crippen LogP contribution is -2.25. The molecule has 0 heterocycles. The van der Waals surface area contributed by atoms with E-state index in [0.29, 0.717) is 0 Å². The smallest absolute Gasteiger partial charge is 0.242 e. The largest absolute Gasteiger partial charge is 0.544 e. The summed E-state index contributed by atoms with van der Waals surface area (Å²) < 4.78 is 5.97. The van der Waals surface area contributed by atoms with Gasteiger partial charge < -0.3 is 4.43 Å². The fraction of sp³-hybridized carbons (Fsp3) is 0.600. The Labute approximate surface area is 76.3 Å². The minimum absolute atomic E-state index is 1.08. The molecular formula is C10H18OSi. The summed E-state index contributed by atoms with van der Waals surface area (Å²) in [4.78, 5) is 0. The Morgan fingerprint density at radius 3 is 2.17 bits per heavy atom. The SMILES string of the molecule is CC1=CCC(C)=C1O[Si](C)(C)C. The average Bonchev–Trinajstić information content (AvgIpc) is 2.16. The molecule has 0 saturated heterocycles. The summed E-state index contributed by atoms with van der Waals surface area (Å²) in [6.45, 7) is 10.9. The summed E-state index contributed by atoms with van der Waals surface area (Å²) in [6, 6.07) is 0. The molecule has 1 aliphatic rings. The first-order chi connectivity index (χ1) is 5.40. The molecule has 0 spiro atoms. The fourth-order valence-electron chi connectivity index (χ4n) is 1.30. The molecule has 1 aliphatic carbocycles. The van der Waals surface area contributed by atoms with Gasteiger partial charge in [0.2, 0.25) is 8.32 Å². The highest BCUT2D eigenvalue weighted by atomic mass is 28.4. The molecule has 0 fully saturated rings. The Bertz CT molecular complexity index is 243. The van der Waals surface area contributed by atoms with Crippen LogP contribution in [0.2, 0.25) is 19.6 Å². The Morgan fingerprint density at radius 2 is 1.83 bits per heavy atom. The van der Waals surface area contributed by atoms with Crippen molar-refractivity contribution in [3.8, 4) is 0 Å². The number of hydrogen-bond acceptors (Lipinski definition) is 1. The normalized spacial score (nSPS) is 18.2. The van der Waals surface area contributed by atoms with Crippen LogP contribution in [-0.2, 0) is 4.43 Å². The summed E-state index contributed by atoms with van der Waals surface area (Å²) in [7, 11) is -1.40. The molecule has 0 atom stereocenters. The van der Waals surface area contributed by atoms with Crippen molar-refractivity contribution in [2.45, 2.75) is 39.9 Å². The first-order valence-electron chi connectivity index (χ1n) is 4.46. The first kappa shape index (κ1) is 9.58. The van der Waals surface area contributed by atoms with Gasteiger partial charge in [0.1, 0.15) is 5.76 Å². The predicted octanol–water partition coefficient (Wildman–Crippen LogP) is 3.46. The predicted molar refractivity (Wildman–Crippen MR) is 55.5 cm³/mol. The minimum atomic E-state index is -1.40. The zero-order chi connectivity index (χ0) is 9.35. The maximum atomic E-state index is 5.97. The van der Waals surface area contributed by atoms with Crippen LogP contribution in [0, 0.1) is 0 Å². The molecule has 0 aromatic rings. The summed E-state index contributed by atoms with van der Waals surface area (Å²) in [5.74, 6) is 1.16. The molecular weight excluding hydrogens is 164 g/mol. The van der Waals surface area contributed by atoms with Crippen LogP contribution in [0.1, 0.15) is 20.3 Å². The third-order valence-corrected chi connectivity index (χ3v) is 2.68. The lowest BCUT2D eigenvalue weighted by atomic mass is 10.2. The van der Waals surface area contributed by atoms with Crippen molar-refractivity contribution >= 4 is 8.32 Å². The zero-order valence-corrected chi connectivity index (χ0v) is 9.69. The van der Waals surface area contributed by atoms with Crippen LogP contribution in [-0.4, -0.2) is 8.32 Å². The lowest BCUT2D eigenvalue weighted by Gasteiger charge is -2.21. The third-order valence-electron chi connectivity index (χ3n) is 1.87. The van der Waals surface area contributed by atoms with Gasteiger partial charge in [-0.3, -0.25) is 0 Å². The van der Waals surface area contributed by atoms with Crippen molar-refractivity contribution in [3.63, 3.8) is 0 Å². The van der Waals surface area contributed by atoms with Crippen LogP contribution in [0.15, 0.2) is 23.0 Å². The second-order valence-corrected chi connectivity index (χ2v) is 8.84.